The van der Waals surface area contributed by atoms with E-state index in [0.717, 1.165) is 18.2 Å². The highest BCUT2D eigenvalue weighted by atomic mass is 35.5. The Morgan fingerprint density at radius 1 is 1.11 bits per heavy atom. The van der Waals surface area contributed by atoms with Crippen molar-refractivity contribution in [3.63, 3.8) is 0 Å². The highest BCUT2D eigenvalue weighted by molar-refractivity contribution is 6.32. The van der Waals surface area contributed by atoms with Gasteiger partial charge in [0.1, 0.15) is 10.8 Å². The van der Waals surface area contributed by atoms with Gasteiger partial charge in [-0.15, -0.1) is 0 Å². The molecule has 0 saturated carbocycles. The molecular formula is C18H14ClFN2O6. The van der Waals surface area contributed by atoms with Crippen LogP contribution in [0.5, 0.6) is 0 Å². The lowest BCUT2D eigenvalue weighted by Crippen LogP contribution is -2.21. The van der Waals surface area contributed by atoms with E-state index in [-0.39, 0.29) is 40.6 Å². The number of hydrogen-bond donors (Lipinski definition) is 1. The predicted octanol–water partition coefficient (Wildman–Crippen LogP) is 3.53. The number of hydrogen-bond acceptors (Lipinski definition) is 6. The molecule has 2 aromatic rings. The molecule has 10 heteroatoms. The summed E-state index contributed by atoms with van der Waals surface area (Å²) in [6.45, 7) is -0.625. The number of anilines is 1. The van der Waals surface area contributed by atoms with Gasteiger partial charge in [0.05, 0.1) is 11.3 Å². The number of amides is 1. The monoisotopic (exact) mass is 408 g/mol. The van der Waals surface area contributed by atoms with Crippen LogP contribution in [0.3, 0.4) is 0 Å². The Bertz CT molecular complexity index is 917. The van der Waals surface area contributed by atoms with Crippen LogP contribution in [0.1, 0.15) is 23.2 Å². The van der Waals surface area contributed by atoms with Crippen molar-refractivity contribution in [2.75, 3.05) is 11.9 Å². The van der Waals surface area contributed by atoms with E-state index >= 15 is 0 Å². The van der Waals surface area contributed by atoms with E-state index in [1.54, 1.807) is 0 Å². The third-order valence-corrected chi connectivity index (χ3v) is 3.83. The SMILES string of the molecule is O=C(COC(=O)CCC(=O)c1ccc(F)cc1)Nc1ccc(Cl)c([N+](=O)[O-])c1. The molecule has 0 fully saturated rings. The van der Waals surface area contributed by atoms with E-state index in [9.17, 15) is 28.9 Å². The molecule has 0 radical (unpaired) electrons. The fraction of sp³-hybridized carbons (Fsp3) is 0.167. The maximum atomic E-state index is 12.8. The average Bonchev–Trinajstić information content (AvgIpc) is 2.66. The van der Waals surface area contributed by atoms with Crippen molar-refractivity contribution in [1.29, 1.82) is 0 Å². The summed E-state index contributed by atoms with van der Waals surface area (Å²) in [5.41, 5.74) is -0.00400. The third-order valence-electron chi connectivity index (χ3n) is 3.51. The van der Waals surface area contributed by atoms with Gasteiger partial charge in [-0.2, -0.15) is 0 Å². The first-order chi connectivity index (χ1) is 13.3. The normalized spacial score (nSPS) is 10.2. The van der Waals surface area contributed by atoms with Crippen molar-refractivity contribution in [3.05, 3.63) is 69.0 Å². The molecule has 0 aliphatic heterocycles. The Balaban J connectivity index is 1.78. The summed E-state index contributed by atoms with van der Waals surface area (Å²) < 4.78 is 17.6. The van der Waals surface area contributed by atoms with Gasteiger partial charge in [-0.1, -0.05) is 11.6 Å². The molecule has 0 unspecified atom stereocenters. The van der Waals surface area contributed by atoms with E-state index in [1.807, 2.05) is 0 Å². The Labute approximate surface area is 163 Å². The molecule has 0 spiro atoms. The number of benzene rings is 2. The van der Waals surface area contributed by atoms with Gasteiger partial charge in [0.25, 0.3) is 11.6 Å². The summed E-state index contributed by atoms with van der Waals surface area (Å²) in [5.74, 6) is -2.33. The lowest BCUT2D eigenvalue weighted by atomic mass is 10.1. The Morgan fingerprint density at radius 3 is 2.43 bits per heavy atom. The number of esters is 1. The maximum absolute atomic E-state index is 12.8. The van der Waals surface area contributed by atoms with Crippen LogP contribution in [0, 0.1) is 15.9 Å². The van der Waals surface area contributed by atoms with Gasteiger partial charge in [-0.3, -0.25) is 24.5 Å². The smallest absolute Gasteiger partial charge is 0.306 e. The zero-order valence-electron chi connectivity index (χ0n) is 14.3. The van der Waals surface area contributed by atoms with Crippen molar-refractivity contribution in [2.45, 2.75) is 12.8 Å². The second-order valence-electron chi connectivity index (χ2n) is 5.56. The summed E-state index contributed by atoms with van der Waals surface area (Å²) >= 11 is 5.67. The second-order valence-corrected chi connectivity index (χ2v) is 5.97. The fourth-order valence-corrected chi connectivity index (χ4v) is 2.33. The van der Waals surface area contributed by atoms with E-state index < -0.39 is 29.2 Å². The molecule has 146 valence electrons. The molecule has 2 rings (SSSR count). The third kappa shape index (κ3) is 6.13. The molecule has 0 aliphatic carbocycles. The van der Waals surface area contributed by atoms with E-state index in [4.69, 9.17) is 16.3 Å². The molecule has 1 amide bonds. The average molecular weight is 409 g/mol. The number of nitrogens with zero attached hydrogens (tertiary/aromatic N) is 1. The highest BCUT2D eigenvalue weighted by Crippen LogP contribution is 2.27. The number of rotatable bonds is 8. The molecule has 0 aliphatic rings. The highest BCUT2D eigenvalue weighted by Gasteiger charge is 2.15. The van der Waals surface area contributed by atoms with Crippen molar-refractivity contribution < 1.29 is 28.4 Å². The number of nitrogens with one attached hydrogen (secondary N) is 1. The minimum Gasteiger partial charge on any atom is -0.456 e. The summed E-state index contributed by atoms with van der Waals surface area (Å²) in [4.78, 5) is 45.4. The molecule has 8 nitrogen and oxygen atoms in total. The van der Waals surface area contributed by atoms with Gasteiger partial charge >= 0.3 is 5.97 Å². The summed E-state index contributed by atoms with van der Waals surface area (Å²) in [5, 5.41) is 13.1. The van der Waals surface area contributed by atoms with Crippen LogP contribution in [-0.4, -0.2) is 29.2 Å². The van der Waals surface area contributed by atoms with Crippen LogP contribution in [-0.2, 0) is 14.3 Å². The molecule has 0 atom stereocenters. The molecule has 0 aromatic heterocycles. The predicted molar refractivity (Wildman–Crippen MR) is 97.7 cm³/mol. The van der Waals surface area contributed by atoms with Crippen molar-refractivity contribution in [2.24, 2.45) is 0 Å². The van der Waals surface area contributed by atoms with Gasteiger partial charge in [0, 0.05) is 23.7 Å². The van der Waals surface area contributed by atoms with Gasteiger partial charge in [-0.25, -0.2) is 4.39 Å². The van der Waals surface area contributed by atoms with Crippen molar-refractivity contribution in [1.82, 2.24) is 0 Å². The zero-order valence-corrected chi connectivity index (χ0v) is 15.1. The van der Waals surface area contributed by atoms with Crippen LogP contribution >= 0.6 is 11.6 Å². The number of nitro benzene ring substituents is 1. The van der Waals surface area contributed by atoms with Crippen molar-refractivity contribution >= 4 is 40.6 Å². The minimum atomic E-state index is -0.771. The summed E-state index contributed by atoms with van der Waals surface area (Å²) in [6.07, 6.45) is -0.411. The number of carbonyl (C=O) groups is 3. The first-order valence-electron chi connectivity index (χ1n) is 7.94. The maximum Gasteiger partial charge on any atom is 0.306 e. The second kappa shape index (κ2) is 9.56. The number of Topliss-reactive ketones (excluding diaryl/α,β-unsaturated/α-hetero) is 1. The van der Waals surface area contributed by atoms with Crippen LogP contribution in [0.25, 0.3) is 0 Å². The first-order valence-corrected chi connectivity index (χ1v) is 8.32. The lowest BCUT2D eigenvalue weighted by Gasteiger charge is -2.07. The number of nitro groups is 1. The van der Waals surface area contributed by atoms with Crippen LogP contribution in [0.15, 0.2) is 42.5 Å². The molecule has 0 saturated heterocycles. The molecule has 0 bridgehead atoms. The lowest BCUT2D eigenvalue weighted by molar-refractivity contribution is -0.384. The first kappa shape index (κ1) is 21.0. The van der Waals surface area contributed by atoms with Crippen LogP contribution < -0.4 is 5.32 Å². The zero-order chi connectivity index (χ0) is 20.7. The van der Waals surface area contributed by atoms with E-state index in [1.165, 1.54) is 24.3 Å². The quantitative estimate of drug-likeness (QED) is 0.309. The van der Waals surface area contributed by atoms with Gasteiger partial charge in [0.2, 0.25) is 0 Å². The Kier molecular flexibility index (Phi) is 7.16. The number of ketones is 1. The molecule has 1 N–H and O–H groups in total. The Morgan fingerprint density at radius 2 is 1.79 bits per heavy atom. The van der Waals surface area contributed by atoms with Gasteiger partial charge < -0.3 is 10.1 Å². The molecular weight excluding hydrogens is 395 g/mol. The van der Waals surface area contributed by atoms with Crippen molar-refractivity contribution in [3.8, 4) is 0 Å². The minimum absolute atomic E-state index is 0.0831. The molecule has 28 heavy (non-hydrogen) atoms. The van der Waals surface area contributed by atoms with Crippen LogP contribution in [0.2, 0.25) is 5.02 Å². The number of halogens is 2. The van der Waals surface area contributed by atoms with E-state index in [2.05, 4.69) is 5.32 Å². The number of ether oxygens (including phenoxy) is 1. The van der Waals surface area contributed by atoms with E-state index in [0.29, 0.717) is 0 Å². The Hall–Kier alpha value is -3.33. The molecule has 0 heterocycles. The van der Waals surface area contributed by atoms with Crippen LogP contribution in [0.4, 0.5) is 15.8 Å². The topological polar surface area (TPSA) is 116 Å². The van der Waals surface area contributed by atoms with Gasteiger partial charge in [0.15, 0.2) is 12.4 Å². The molecule has 2 aromatic carbocycles. The number of carbonyl (C=O) groups excluding carboxylic acids is 3. The largest absolute Gasteiger partial charge is 0.456 e. The van der Waals surface area contributed by atoms with Gasteiger partial charge in [-0.05, 0) is 36.4 Å². The standard InChI is InChI=1S/C18H14ClFN2O6/c19-14-6-5-13(9-15(14)22(26)27)21-17(24)10-28-18(25)8-7-16(23)11-1-3-12(20)4-2-11/h1-6,9H,7-8,10H2,(H,21,24). The summed E-state index contributed by atoms with van der Waals surface area (Å²) in [6, 6.07) is 8.57. The summed E-state index contributed by atoms with van der Waals surface area (Å²) in [7, 11) is 0. The fourth-order valence-electron chi connectivity index (χ4n) is 2.14.